The molecule has 25 heavy (non-hydrogen) atoms. The number of ether oxygens (including phenoxy) is 3. The molecular formula is C20H16ClNO3. The Morgan fingerprint density at radius 2 is 1.88 bits per heavy atom. The summed E-state index contributed by atoms with van der Waals surface area (Å²) in [7, 11) is 0. The number of nitrogens with zero attached hydrogens (tertiary/aromatic N) is 1. The van der Waals surface area contributed by atoms with Gasteiger partial charge in [0, 0.05) is 11.2 Å². The van der Waals surface area contributed by atoms with Crippen LogP contribution in [0.1, 0.15) is 23.5 Å². The molecule has 0 bridgehead atoms. The van der Waals surface area contributed by atoms with Gasteiger partial charge in [0.25, 0.3) is 0 Å². The summed E-state index contributed by atoms with van der Waals surface area (Å²) in [6, 6.07) is 20.9. The van der Waals surface area contributed by atoms with Crippen LogP contribution in [0, 0.1) is 0 Å². The number of rotatable bonds is 4. The SMILES string of the molecule is Clc1cccc(Oc2ncccc2[C@@H]2OC[C@@H](c3ccccc3)O2)c1. The molecule has 4 nitrogen and oxygen atoms in total. The van der Waals surface area contributed by atoms with E-state index in [0.717, 1.165) is 11.1 Å². The summed E-state index contributed by atoms with van der Waals surface area (Å²) in [5.41, 5.74) is 1.84. The van der Waals surface area contributed by atoms with Crippen molar-refractivity contribution in [3.63, 3.8) is 0 Å². The van der Waals surface area contributed by atoms with Crippen molar-refractivity contribution in [1.29, 1.82) is 0 Å². The van der Waals surface area contributed by atoms with Crippen molar-refractivity contribution in [2.24, 2.45) is 0 Å². The molecule has 2 atom stereocenters. The minimum atomic E-state index is -0.520. The van der Waals surface area contributed by atoms with Crippen molar-refractivity contribution in [3.05, 3.63) is 89.1 Å². The minimum absolute atomic E-state index is 0.106. The Bertz CT molecular complexity index is 856. The van der Waals surface area contributed by atoms with Crippen LogP contribution in [0.25, 0.3) is 0 Å². The van der Waals surface area contributed by atoms with Crippen molar-refractivity contribution in [1.82, 2.24) is 4.98 Å². The lowest BCUT2D eigenvalue weighted by atomic mass is 10.1. The van der Waals surface area contributed by atoms with Crippen LogP contribution in [0.4, 0.5) is 0 Å². The standard InChI is InChI=1S/C20H16ClNO3/c21-15-8-4-9-16(12-15)24-19-17(10-5-11-22-19)20-23-13-18(25-20)14-6-2-1-3-7-14/h1-12,18,20H,13H2/t18-,20+/m0/s1. The van der Waals surface area contributed by atoms with E-state index in [-0.39, 0.29) is 6.10 Å². The molecule has 1 aromatic heterocycles. The fourth-order valence-corrected chi connectivity index (χ4v) is 2.90. The first kappa shape index (κ1) is 16.1. The fourth-order valence-electron chi connectivity index (χ4n) is 2.72. The van der Waals surface area contributed by atoms with Crippen LogP contribution in [0.3, 0.4) is 0 Å². The molecule has 126 valence electrons. The van der Waals surface area contributed by atoms with E-state index < -0.39 is 6.29 Å². The molecule has 1 fully saturated rings. The lowest BCUT2D eigenvalue weighted by Gasteiger charge is -2.15. The Morgan fingerprint density at radius 1 is 1.00 bits per heavy atom. The Kier molecular flexibility index (Phi) is 4.65. The molecule has 1 aliphatic rings. The topological polar surface area (TPSA) is 40.6 Å². The Labute approximate surface area is 150 Å². The average molecular weight is 354 g/mol. The maximum atomic E-state index is 6.07. The average Bonchev–Trinajstić information content (AvgIpc) is 3.13. The van der Waals surface area contributed by atoms with E-state index in [1.807, 2.05) is 54.6 Å². The molecule has 2 aromatic carbocycles. The van der Waals surface area contributed by atoms with Gasteiger partial charge in [-0.25, -0.2) is 4.98 Å². The second-order valence-electron chi connectivity index (χ2n) is 5.66. The summed E-state index contributed by atoms with van der Waals surface area (Å²) in [6.07, 6.45) is 1.05. The summed E-state index contributed by atoms with van der Waals surface area (Å²) in [6.45, 7) is 0.486. The third-order valence-corrected chi connectivity index (χ3v) is 4.16. The lowest BCUT2D eigenvalue weighted by molar-refractivity contribution is -0.0620. The van der Waals surface area contributed by atoms with Crippen molar-refractivity contribution >= 4 is 11.6 Å². The molecule has 0 spiro atoms. The normalized spacial score (nSPS) is 19.7. The highest BCUT2D eigenvalue weighted by Crippen LogP contribution is 2.39. The van der Waals surface area contributed by atoms with Crippen LogP contribution in [-0.4, -0.2) is 11.6 Å². The van der Waals surface area contributed by atoms with Crippen molar-refractivity contribution in [3.8, 4) is 11.6 Å². The summed E-state index contributed by atoms with van der Waals surface area (Å²) >= 11 is 6.02. The quantitative estimate of drug-likeness (QED) is 0.637. The predicted molar refractivity (Wildman–Crippen MR) is 94.7 cm³/mol. The zero-order chi connectivity index (χ0) is 17.1. The van der Waals surface area contributed by atoms with Crippen molar-refractivity contribution in [2.75, 3.05) is 6.61 Å². The highest BCUT2D eigenvalue weighted by molar-refractivity contribution is 6.30. The Hall–Kier alpha value is -2.40. The van der Waals surface area contributed by atoms with Gasteiger partial charge in [0.2, 0.25) is 5.88 Å². The summed E-state index contributed by atoms with van der Waals surface area (Å²) < 4.78 is 17.8. The number of hydrogen-bond donors (Lipinski definition) is 0. The van der Waals surface area contributed by atoms with Crippen LogP contribution in [0.2, 0.25) is 5.02 Å². The van der Waals surface area contributed by atoms with Gasteiger partial charge < -0.3 is 14.2 Å². The van der Waals surface area contributed by atoms with E-state index in [1.54, 1.807) is 18.3 Å². The number of halogens is 1. The molecule has 0 radical (unpaired) electrons. The summed E-state index contributed by atoms with van der Waals surface area (Å²) in [5.74, 6) is 1.06. The van der Waals surface area contributed by atoms with Crippen LogP contribution < -0.4 is 4.74 Å². The van der Waals surface area contributed by atoms with Gasteiger partial charge in [0.05, 0.1) is 12.2 Å². The number of benzene rings is 2. The molecule has 3 aromatic rings. The Balaban J connectivity index is 1.55. The molecule has 0 unspecified atom stereocenters. The van der Waals surface area contributed by atoms with Crippen LogP contribution in [0.15, 0.2) is 72.9 Å². The van der Waals surface area contributed by atoms with Gasteiger partial charge in [-0.3, -0.25) is 0 Å². The molecule has 1 aliphatic heterocycles. The second kappa shape index (κ2) is 7.23. The van der Waals surface area contributed by atoms with Gasteiger partial charge in [-0.2, -0.15) is 0 Å². The molecule has 4 rings (SSSR count). The molecule has 1 saturated heterocycles. The summed E-state index contributed by atoms with van der Waals surface area (Å²) in [5, 5.41) is 0.604. The monoisotopic (exact) mass is 353 g/mol. The van der Waals surface area contributed by atoms with Crippen LogP contribution in [0.5, 0.6) is 11.6 Å². The molecule has 2 heterocycles. The molecule has 0 N–H and O–H groups in total. The highest BCUT2D eigenvalue weighted by Gasteiger charge is 2.31. The van der Waals surface area contributed by atoms with Gasteiger partial charge in [0.1, 0.15) is 11.9 Å². The summed E-state index contributed by atoms with van der Waals surface area (Å²) in [4.78, 5) is 4.32. The number of hydrogen-bond acceptors (Lipinski definition) is 4. The zero-order valence-electron chi connectivity index (χ0n) is 13.3. The van der Waals surface area contributed by atoms with Gasteiger partial charge in [-0.1, -0.05) is 48.0 Å². The van der Waals surface area contributed by atoms with Crippen molar-refractivity contribution < 1.29 is 14.2 Å². The van der Waals surface area contributed by atoms with Gasteiger partial charge >= 0.3 is 0 Å². The maximum absolute atomic E-state index is 6.07. The first-order chi connectivity index (χ1) is 12.3. The Morgan fingerprint density at radius 3 is 2.72 bits per heavy atom. The van der Waals surface area contributed by atoms with E-state index >= 15 is 0 Å². The van der Waals surface area contributed by atoms with Crippen molar-refractivity contribution in [2.45, 2.75) is 12.4 Å². The van der Waals surface area contributed by atoms with E-state index in [1.165, 1.54) is 0 Å². The van der Waals surface area contributed by atoms with Crippen LogP contribution in [-0.2, 0) is 9.47 Å². The van der Waals surface area contributed by atoms with E-state index in [4.69, 9.17) is 25.8 Å². The van der Waals surface area contributed by atoms with E-state index in [9.17, 15) is 0 Å². The second-order valence-corrected chi connectivity index (χ2v) is 6.09. The third-order valence-electron chi connectivity index (χ3n) is 3.92. The fraction of sp³-hybridized carbons (Fsp3) is 0.150. The lowest BCUT2D eigenvalue weighted by Crippen LogP contribution is -2.03. The molecule has 0 saturated carbocycles. The van der Waals surface area contributed by atoms with Gasteiger partial charge in [0.15, 0.2) is 6.29 Å². The molecule has 5 heteroatoms. The zero-order valence-corrected chi connectivity index (χ0v) is 14.1. The highest BCUT2D eigenvalue weighted by atomic mass is 35.5. The van der Waals surface area contributed by atoms with E-state index in [0.29, 0.717) is 23.3 Å². The minimum Gasteiger partial charge on any atom is -0.438 e. The molecule has 0 aliphatic carbocycles. The van der Waals surface area contributed by atoms with Gasteiger partial charge in [-0.05, 0) is 35.9 Å². The van der Waals surface area contributed by atoms with E-state index in [2.05, 4.69) is 4.98 Å². The van der Waals surface area contributed by atoms with Crippen LogP contribution >= 0.6 is 11.6 Å². The predicted octanol–water partition coefficient (Wildman–Crippen LogP) is 5.31. The number of aromatic nitrogens is 1. The molecular weight excluding hydrogens is 338 g/mol. The largest absolute Gasteiger partial charge is 0.438 e. The third kappa shape index (κ3) is 3.66. The smallest absolute Gasteiger partial charge is 0.227 e. The number of pyridine rings is 1. The maximum Gasteiger partial charge on any atom is 0.227 e. The first-order valence-corrected chi connectivity index (χ1v) is 8.38. The van der Waals surface area contributed by atoms with Gasteiger partial charge in [-0.15, -0.1) is 0 Å². The molecule has 0 amide bonds. The first-order valence-electron chi connectivity index (χ1n) is 8.00.